The summed E-state index contributed by atoms with van der Waals surface area (Å²) < 4.78 is 16.1. The van der Waals surface area contributed by atoms with Crippen molar-refractivity contribution in [3.63, 3.8) is 0 Å². The predicted molar refractivity (Wildman–Crippen MR) is 104 cm³/mol. The van der Waals surface area contributed by atoms with E-state index in [1.807, 2.05) is 32.2 Å². The van der Waals surface area contributed by atoms with Crippen molar-refractivity contribution < 1.29 is 28.7 Å². The van der Waals surface area contributed by atoms with E-state index in [1.54, 1.807) is 21.1 Å². The van der Waals surface area contributed by atoms with Crippen LogP contribution in [0, 0.1) is 0 Å². The molecule has 1 aliphatic heterocycles. The van der Waals surface area contributed by atoms with Gasteiger partial charge in [-0.2, -0.15) is 0 Å². The minimum absolute atomic E-state index is 0.281. The Bertz CT molecular complexity index is 747. The first-order valence-corrected chi connectivity index (χ1v) is 9.43. The van der Waals surface area contributed by atoms with Crippen molar-refractivity contribution in [2.45, 2.75) is 32.9 Å². The third-order valence-electron chi connectivity index (χ3n) is 4.60. The number of carbonyl (C=O) groups excluding carboxylic acids is 2. The van der Waals surface area contributed by atoms with Crippen molar-refractivity contribution >= 4 is 12.0 Å². The van der Waals surface area contributed by atoms with Crippen molar-refractivity contribution in [2.24, 2.45) is 0 Å². The molecule has 0 fully saturated rings. The molecule has 0 radical (unpaired) electrons. The van der Waals surface area contributed by atoms with Gasteiger partial charge >= 0.3 is 12.0 Å². The van der Waals surface area contributed by atoms with Crippen LogP contribution in [-0.4, -0.2) is 52.5 Å². The van der Waals surface area contributed by atoms with Crippen molar-refractivity contribution in [3.8, 4) is 11.5 Å². The molecule has 2 amide bonds. The molecule has 0 saturated heterocycles. The van der Waals surface area contributed by atoms with Gasteiger partial charge in [-0.3, -0.25) is 0 Å². The lowest BCUT2D eigenvalue weighted by Crippen LogP contribution is -3.08. The molecule has 3 N–H and O–H groups in total. The number of ether oxygens (including phenoxy) is 3. The van der Waals surface area contributed by atoms with E-state index in [0.29, 0.717) is 42.3 Å². The first kappa shape index (κ1) is 21.6. The fourth-order valence-electron chi connectivity index (χ4n) is 3.38. The van der Waals surface area contributed by atoms with Crippen LogP contribution in [0.3, 0.4) is 0 Å². The molecule has 1 aromatic rings. The Morgan fingerprint density at radius 3 is 2.54 bits per heavy atom. The summed E-state index contributed by atoms with van der Waals surface area (Å²) >= 11 is 0. The molecule has 0 aliphatic carbocycles. The summed E-state index contributed by atoms with van der Waals surface area (Å²) in [4.78, 5) is 25.6. The Balaban J connectivity index is 2.27. The fourth-order valence-corrected chi connectivity index (χ4v) is 3.38. The van der Waals surface area contributed by atoms with E-state index >= 15 is 0 Å². The number of methoxy groups -OCH3 is 2. The smallest absolute Gasteiger partial charge is 0.338 e. The standard InChI is InChI=1S/C20H29N3O5/c1-6-14-17(19(24)28-7-2)15(22-20(25)21-14)12-23(3)11-13-9-8-10-16(26-4)18(13)27-5/h8-10,14H,6-7,11-12H2,1-5H3,(H2,21,22,25)/p+1/t14-/m0/s1. The van der Waals surface area contributed by atoms with Crippen LogP contribution in [0.5, 0.6) is 11.5 Å². The highest BCUT2D eigenvalue weighted by Crippen LogP contribution is 2.30. The number of nitrogens with one attached hydrogen (secondary N) is 3. The number of rotatable bonds is 9. The van der Waals surface area contributed by atoms with Crippen molar-refractivity contribution in [1.29, 1.82) is 0 Å². The number of likely N-dealkylation sites (N-methyl/N-ethyl adjacent to an activating group) is 1. The maximum Gasteiger partial charge on any atom is 0.338 e. The molecule has 0 spiro atoms. The molecule has 0 saturated carbocycles. The highest BCUT2D eigenvalue weighted by molar-refractivity contribution is 5.94. The van der Waals surface area contributed by atoms with Gasteiger partial charge in [-0.15, -0.1) is 0 Å². The number of para-hydroxylation sites is 1. The SMILES string of the molecule is CCOC(=O)C1=C(C[NH+](C)Cc2cccc(OC)c2OC)NC(=O)N[C@H]1CC. The largest absolute Gasteiger partial charge is 0.493 e. The number of urea groups is 1. The van der Waals surface area contributed by atoms with Crippen LogP contribution in [0.2, 0.25) is 0 Å². The van der Waals surface area contributed by atoms with E-state index in [2.05, 4.69) is 10.6 Å². The molecule has 0 aromatic heterocycles. The summed E-state index contributed by atoms with van der Waals surface area (Å²) in [5.41, 5.74) is 2.05. The van der Waals surface area contributed by atoms with Crippen LogP contribution in [0.25, 0.3) is 0 Å². The number of esters is 1. The lowest BCUT2D eigenvalue weighted by atomic mass is 10.00. The van der Waals surface area contributed by atoms with E-state index in [4.69, 9.17) is 14.2 Å². The normalized spacial score (nSPS) is 17.5. The molecule has 1 aliphatic rings. The lowest BCUT2D eigenvalue weighted by Gasteiger charge is -2.29. The van der Waals surface area contributed by atoms with Gasteiger partial charge < -0.3 is 29.7 Å². The molecule has 2 rings (SSSR count). The van der Waals surface area contributed by atoms with Crippen LogP contribution in [0.15, 0.2) is 29.5 Å². The van der Waals surface area contributed by atoms with Gasteiger partial charge in [-0.25, -0.2) is 9.59 Å². The van der Waals surface area contributed by atoms with Crippen LogP contribution in [-0.2, 0) is 16.1 Å². The van der Waals surface area contributed by atoms with Gasteiger partial charge in [0.15, 0.2) is 11.5 Å². The highest BCUT2D eigenvalue weighted by atomic mass is 16.5. The summed E-state index contributed by atoms with van der Waals surface area (Å²) in [5, 5.41) is 5.58. The summed E-state index contributed by atoms with van der Waals surface area (Å²) in [6, 6.07) is 5.06. The van der Waals surface area contributed by atoms with E-state index in [0.717, 1.165) is 10.5 Å². The van der Waals surface area contributed by atoms with E-state index < -0.39 is 5.97 Å². The minimum Gasteiger partial charge on any atom is -0.493 e. The molecule has 8 nitrogen and oxygen atoms in total. The zero-order valence-corrected chi connectivity index (χ0v) is 17.2. The molecule has 2 atom stereocenters. The van der Waals surface area contributed by atoms with E-state index in [9.17, 15) is 9.59 Å². The second-order valence-corrected chi connectivity index (χ2v) is 6.64. The van der Waals surface area contributed by atoms with Crippen LogP contribution in [0.4, 0.5) is 4.79 Å². The van der Waals surface area contributed by atoms with Crippen molar-refractivity contribution in [1.82, 2.24) is 10.6 Å². The Labute approximate surface area is 165 Å². The molecule has 1 unspecified atom stereocenters. The van der Waals surface area contributed by atoms with Crippen molar-refractivity contribution in [2.75, 3.05) is 34.4 Å². The maximum atomic E-state index is 12.5. The molecular weight excluding hydrogens is 362 g/mol. The number of hydrogen-bond donors (Lipinski definition) is 3. The first-order valence-electron chi connectivity index (χ1n) is 9.43. The number of benzene rings is 1. The molecule has 154 valence electrons. The molecule has 0 bridgehead atoms. The monoisotopic (exact) mass is 392 g/mol. The van der Waals surface area contributed by atoms with Crippen LogP contribution >= 0.6 is 0 Å². The molecule has 8 heteroatoms. The Kier molecular flexibility index (Phi) is 7.69. The molecular formula is C20H30N3O5+. The zero-order chi connectivity index (χ0) is 20.7. The summed E-state index contributed by atoms with van der Waals surface area (Å²) in [5.74, 6) is 0.953. The second-order valence-electron chi connectivity index (χ2n) is 6.64. The van der Waals surface area contributed by atoms with Gasteiger partial charge in [-0.1, -0.05) is 13.0 Å². The molecule has 1 heterocycles. The lowest BCUT2D eigenvalue weighted by molar-refractivity contribution is -0.889. The number of amides is 2. The average molecular weight is 392 g/mol. The van der Waals surface area contributed by atoms with Crippen LogP contribution in [0.1, 0.15) is 25.8 Å². The topological polar surface area (TPSA) is 90.3 Å². The predicted octanol–water partition coefficient (Wildman–Crippen LogP) is 0.627. The van der Waals surface area contributed by atoms with Gasteiger partial charge in [-0.05, 0) is 25.5 Å². The van der Waals surface area contributed by atoms with Gasteiger partial charge in [0, 0.05) is 0 Å². The second kappa shape index (κ2) is 9.98. The maximum absolute atomic E-state index is 12.5. The Morgan fingerprint density at radius 1 is 1.18 bits per heavy atom. The number of hydrogen-bond acceptors (Lipinski definition) is 5. The Morgan fingerprint density at radius 2 is 1.93 bits per heavy atom. The third-order valence-corrected chi connectivity index (χ3v) is 4.60. The van der Waals surface area contributed by atoms with Crippen molar-refractivity contribution in [3.05, 3.63) is 35.0 Å². The highest BCUT2D eigenvalue weighted by Gasteiger charge is 2.33. The van der Waals surface area contributed by atoms with E-state index in [1.165, 1.54) is 0 Å². The van der Waals surface area contributed by atoms with E-state index in [-0.39, 0.29) is 18.7 Å². The average Bonchev–Trinajstić information content (AvgIpc) is 2.67. The summed E-state index contributed by atoms with van der Waals surface area (Å²) in [6.45, 7) is 5.05. The molecule has 1 aromatic carbocycles. The first-order chi connectivity index (χ1) is 13.4. The molecule has 28 heavy (non-hydrogen) atoms. The van der Waals surface area contributed by atoms with Gasteiger partial charge in [0.05, 0.1) is 50.7 Å². The summed E-state index contributed by atoms with van der Waals surface area (Å²) in [6.07, 6.45) is 0.605. The minimum atomic E-state index is -0.399. The quantitative estimate of drug-likeness (QED) is 0.536. The Hall–Kier alpha value is -2.74. The van der Waals surface area contributed by atoms with Gasteiger partial charge in [0.2, 0.25) is 0 Å². The number of quaternary nitrogens is 1. The number of carbonyl (C=O) groups is 2. The fraction of sp³-hybridized carbons (Fsp3) is 0.500. The van der Waals surface area contributed by atoms with Gasteiger partial charge in [0.1, 0.15) is 13.1 Å². The van der Waals surface area contributed by atoms with Gasteiger partial charge in [0.25, 0.3) is 0 Å². The third kappa shape index (κ3) is 4.95. The zero-order valence-electron chi connectivity index (χ0n) is 17.2. The summed E-state index contributed by atoms with van der Waals surface area (Å²) in [7, 11) is 5.20. The van der Waals surface area contributed by atoms with Crippen LogP contribution < -0.4 is 25.0 Å².